The number of benzene rings is 1. The molecule has 0 saturated carbocycles. The van der Waals surface area contributed by atoms with Crippen molar-refractivity contribution in [2.75, 3.05) is 37.6 Å². The summed E-state index contributed by atoms with van der Waals surface area (Å²) in [6.45, 7) is 8.76. The Hall–Kier alpha value is -3.38. The molecule has 242 valence electrons. The van der Waals surface area contributed by atoms with E-state index in [0.717, 1.165) is 11.9 Å². The first kappa shape index (κ1) is 30.6. The molecular formula is C32H47FN6O4S. The van der Waals surface area contributed by atoms with Gasteiger partial charge in [0.2, 0.25) is 11.8 Å². The van der Waals surface area contributed by atoms with Crippen molar-refractivity contribution in [1.29, 1.82) is 0 Å². The van der Waals surface area contributed by atoms with Gasteiger partial charge in [-0.1, -0.05) is 32.9 Å². The number of halogens is 1. The summed E-state index contributed by atoms with van der Waals surface area (Å²) in [5.41, 5.74) is 2.25. The number of aromatic nitrogens is 3. The lowest BCUT2D eigenvalue weighted by Crippen LogP contribution is -2.42. The molecule has 3 aliphatic rings. The number of rotatable bonds is 7. The van der Waals surface area contributed by atoms with Gasteiger partial charge < -0.3 is 19.8 Å². The number of carbonyl (C=O) groups excluding carboxylic acids is 2. The van der Waals surface area contributed by atoms with E-state index in [1.54, 1.807) is 27.8 Å². The molecule has 0 aliphatic carbocycles. The number of piperidine rings is 1. The van der Waals surface area contributed by atoms with Gasteiger partial charge in [0.1, 0.15) is 11.2 Å². The van der Waals surface area contributed by atoms with Crippen LogP contribution in [0.25, 0.3) is 11.2 Å². The van der Waals surface area contributed by atoms with Crippen LogP contribution < -0.4 is 10.6 Å². The van der Waals surface area contributed by atoms with Crippen LogP contribution in [0, 0.1) is 11.2 Å². The lowest BCUT2D eigenvalue weighted by Gasteiger charge is -2.33. The Labute approximate surface area is 265 Å². The van der Waals surface area contributed by atoms with Gasteiger partial charge in [-0.25, -0.2) is 14.2 Å². The van der Waals surface area contributed by atoms with Crippen LogP contribution in [-0.4, -0.2) is 85.3 Å². The monoisotopic (exact) mass is 630 g/mol. The molecule has 3 aliphatic heterocycles. The Bertz CT molecular complexity index is 1610. The number of thioether (sulfide) groups is 1. The predicted molar refractivity (Wildman–Crippen MR) is 175 cm³/mol. The van der Waals surface area contributed by atoms with Crippen LogP contribution in [0.1, 0.15) is 74.1 Å². The van der Waals surface area contributed by atoms with Gasteiger partial charge in [-0.3, -0.25) is 19.1 Å². The summed E-state index contributed by atoms with van der Waals surface area (Å²) in [6, 6.07) is 8.61. The van der Waals surface area contributed by atoms with Crippen molar-refractivity contribution < 1.29 is 23.4 Å². The molecule has 12 heteroatoms. The first-order valence-electron chi connectivity index (χ1n) is 15.5. The zero-order valence-corrected chi connectivity index (χ0v) is 26.4. The average Bonchev–Trinajstić information content (AvgIpc) is 3.65. The lowest BCUT2D eigenvalue weighted by atomic mass is 9.92. The largest absolute Gasteiger partial charge is 0.391 e. The van der Waals surface area contributed by atoms with Gasteiger partial charge in [-0.15, -0.1) is 11.8 Å². The number of likely N-dealkylation sites (tertiary alicyclic amines) is 1. The standard InChI is InChI=1S/C32H41FN6O4S.3H2/c1-32(2,3)12-17-38-29(42)25(44-30(38)22-6-4-7-23(33)27(22)37-16-11-21(40)19-37)18-26(41)36-14-9-20(10-15-36)39-24-8-5-13-34-28(24)35-31(39)43;;;/h4-8,13,20-21,25,30,40H,9-12,14-19H2,1-3H3,(H,34,35,43);3*1H/t21-,25-,30?;;;/m0.../s1. The zero-order chi connectivity index (χ0) is 31.2. The van der Waals surface area contributed by atoms with Crippen LogP contribution >= 0.6 is 11.8 Å². The number of aromatic amines is 1. The number of hydrogen-bond donors (Lipinski definition) is 2. The topological polar surface area (TPSA) is 115 Å². The second-order valence-electron chi connectivity index (χ2n) is 13.4. The quantitative estimate of drug-likeness (QED) is 0.385. The molecule has 0 bridgehead atoms. The highest BCUT2D eigenvalue weighted by atomic mass is 32.2. The molecule has 1 unspecified atom stereocenters. The van der Waals surface area contributed by atoms with Crippen LogP contribution in [0.2, 0.25) is 0 Å². The van der Waals surface area contributed by atoms with Gasteiger partial charge >= 0.3 is 5.69 Å². The number of H-pyrrole nitrogens is 1. The minimum absolute atomic E-state index is 0. The third-order valence-electron chi connectivity index (χ3n) is 9.03. The molecule has 2 aromatic heterocycles. The second kappa shape index (κ2) is 12.2. The summed E-state index contributed by atoms with van der Waals surface area (Å²) in [7, 11) is 0. The Balaban J connectivity index is 0.00000200. The maximum Gasteiger partial charge on any atom is 0.327 e. The van der Waals surface area contributed by atoms with E-state index in [-0.39, 0.29) is 45.5 Å². The van der Waals surface area contributed by atoms with Gasteiger partial charge in [-0.2, -0.15) is 0 Å². The first-order valence-corrected chi connectivity index (χ1v) is 16.4. The summed E-state index contributed by atoms with van der Waals surface area (Å²) in [5, 5.41) is 9.17. The van der Waals surface area contributed by atoms with Gasteiger partial charge in [0.05, 0.1) is 22.6 Å². The van der Waals surface area contributed by atoms with E-state index in [1.165, 1.54) is 17.8 Å². The Morgan fingerprint density at radius 3 is 2.61 bits per heavy atom. The molecule has 6 rings (SSSR count). The molecule has 2 N–H and O–H groups in total. The molecule has 5 heterocycles. The number of pyridine rings is 1. The molecule has 2 amide bonds. The number of hydrogen-bond acceptors (Lipinski definition) is 7. The van der Waals surface area contributed by atoms with Crippen LogP contribution in [0.4, 0.5) is 10.1 Å². The molecule has 1 aromatic carbocycles. The maximum absolute atomic E-state index is 15.4. The number of para-hydroxylation sites is 1. The predicted octanol–water partition coefficient (Wildman–Crippen LogP) is 4.81. The first-order chi connectivity index (χ1) is 21.0. The van der Waals surface area contributed by atoms with Crippen molar-refractivity contribution in [3.05, 3.63) is 58.4 Å². The number of imidazole rings is 1. The number of aliphatic hydroxyl groups is 1. The van der Waals surface area contributed by atoms with Gasteiger partial charge in [0.15, 0.2) is 5.65 Å². The minimum atomic E-state index is -0.576. The van der Waals surface area contributed by atoms with Crippen molar-refractivity contribution >= 4 is 40.4 Å². The van der Waals surface area contributed by atoms with Crippen molar-refractivity contribution in [1.82, 2.24) is 24.3 Å². The number of aliphatic hydroxyl groups excluding tert-OH is 1. The van der Waals surface area contributed by atoms with E-state index in [4.69, 9.17) is 0 Å². The third-order valence-corrected chi connectivity index (χ3v) is 10.5. The number of β-amino-alcohol motifs (C(OH)–C–C–N with tert-alkyl or cyclic N) is 1. The Morgan fingerprint density at radius 2 is 1.91 bits per heavy atom. The maximum atomic E-state index is 15.4. The normalized spacial score (nSPS) is 23.3. The van der Waals surface area contributed by atoms with E-state index in [1.807, 2.05) is 21.9 Å². The lowest BCUT2D eigenvalue weighted by molar-refractivity contribution is -0.136. The molecule has 3 aromatic rings. The van der Waals surface area contributed by atoms with E-state index < -0.39 is 16.7 Å². The Kier molecular flexibility index (Phi) is 8.49. The van der Waals surface area contributed by atoms with Crippen LogP contribution in [0.3, 0.4) is 0 Å². The molecular weight excluding hydrogens is 583 g/mol. The number of nitrogens with zero attached hydrogens (tertiary/aromatic N) is 5. The molecule has 44 heavy (non-hydrogen) atoms. The number of carbonyl (C=O) groups is 2. The second-order valence-corrected chi connectivity index (χ2v) is 14.7. The molecule has 3 saturated heterocycles. The molecule has 0 spiro atoms. The fourth-order valence-electron chi connectivity index (χ4n) is 6.64. The zero-order valence-electron chi connectivity index (χ0n) is 25.5. The highest BCUT2D eigenvalue weighted by Crippen LogP contribution is 2.48. The number of anilines is 1. The summed E-state index contributed by atoms with van der Waals surface area (Å²) in [4.78, 5) is 52.7. The van der Waals surface area contributed by atoms with Crippen molar-refractivity contribution in [2.45, 2.75) is 75.6 Å². The highest BCUT2D eigenvalue weighted by Gasteiger charge is 2.44. The van der Waals surface area contributed by atoms with Crippen LogP contribution in [0.5, 0.6) is 0 Å². The summed E-state index contributed by atoms with van der Waals surface area (Å²) >= 11 is 1.42. The van der Waals surface area contributed by atoms with E-state index in [9.17, 15) is 19.5 Å². The molecule has 3 atom stereocenters. The van der Waals surface area contributed by atoms with E-state index in [2.05, 4.69) is 30.7 Å². The van der Waals surface area contributed by atoms with Crippen LogP contribution in [-0.2, 0) is 9.59 Å². The summed E-state index contributed by atoms with van der Waals surface area (Å²) < 4.78 is 17.1. The summed E-state index contributed by atoms with van der Waals surface area (Å²) in [5.74, 6) is -0.546. The van der Waals surface area contributed by atoms with Gasteiger partial charge in [0.25, 0.3) is 0 Å². The molecule has 10 nitrogen and oxygen atoms in total. The smallest absolute Gasteiger partial charge is 0.327 e. The van der Waals surface area contributed by atoms with Gasteiger partial charge in [0, 0.05) is 61.2 Å². The van der Waals surface area contributed by atoms with E-state index >= 15 is 4.39 Å². The fourth-order valence-corrected chi connectivity index (χ4v) is 8.13. The number of nitrogens with one attached hydrogen (secondary N) is 1. The van der Waals surface area contributed by atoms with Crippen molar-refractivity contribution in [3.63, 3.8) is 0 Å². The molecule has 3 fully saturated rings. The Morgan fingerprint density at radius 1 is 1.14 bits per heavy atom. The van der Waals surface area contributed by atoms with Crippen LogP contribution in [0.15, 0.2) is 41.3 Å². The number of fused-ring (bicyclic) bond motifs is 1. The average molecular weight is 631 g/mol. The van der Waals surface area contributed by atoms with Crippen molar-refractivity contribution in [3.8, 4) is 0 Å². The van der Waals surface area contributed by atoms with Gasteiger partial charge in [-0.05, 0) is 49.3 Å². The molecule has 0 radical (unpaired) electrons. The SMILES string of the molecule is CC(C)(C)CCN1C(=O)[C@H](CC(=O)N2CCC(n3c(=O)[nH]c4ncccc43)CC2)SC1c1cccc(F)c1N1CC[C@H](O)C1.[HH].[HH].[HH]. The third kappa shape index (κ3) is 6.10. The van der Waals surface area contributed by atoms with E-state index in [0.29, 0.717) is 68.9 Å². The summed E-state index contributed by atoms with van der Waals surface area (Å²) in [6.07, 6.45) is 3.80. The fraction of sp³-hybridized carbons (Fsp3) is 0.562. The number of amides is 2. The van der Waals surface area contributed by atoms with Crippen molar-refractivity contribution in [2.24, 2.45) is 5.41 Å². The minimum Gasteiger partial charge on any atom is -0.391 e. The highest BCUT2D eigenvalue weighted by molar-refractivity contribution is 8.01.